The molecule has 0 bridgehead atoms. The normalized spacial score (nSPS) is 18.9. The molecule has 0 radical (unpaired) electrons. The largest absolute Gasteiger partial charge is 0.465 e. The molecule has 0 aromatic heterocycles. The Hall–Kier alpha value is -2.12. The van der Waals surface area contributed by atoms with Crippen LogP contribution in [0.4, 0.5) is 11.4 Å². The minimum Gasteiger partial charge on any atom is -0.465 e. The molecular formula is C23H38N4O3. The number of esters is 1. The maximum absolute atomic E-state index is 12.4. The van der Waals surface area contributed by atoms with Crippen molar-refractivity contribution in [3.05, 3.63) is 22.8 Å². The van der Waals surface area contributed by atoms with Crippen LogP contribution in [0.1, 0.15) is 54.1 Å². The molecule has 0 heterocycles. The first-order valence-electron chi connectivity index (χ1n) is 10.8. The van der Waals surface area contributed by atoms with Gasteiger partial charge in [-0.05, 0) is 58.2 Å². The van der Waals surface area contributed by atoms with Crippen molar-refractivity contribution in [1.29, 1.82) is 5.41 Å². The van der Waals surface area contributed by atoms with Crippen LogP contribution in [0.3, 0.4) is 0 Å². The Bertz CT molecular complexity index is 730. The molecule has 7 heteroatoms. The maximum atomic E-state index is 12.4. The molecule has 0 saturated heterocycles. The van der Waals surface area contributed by atoms with E-state index in [1.807, 2.05) is 14.0 Å². The number of hydrogen-bond donors (Lipinski definition) is 2. The molecule has 1 saturated carbocycles. The van der Waals surface area contributed by atoms with Crippen LogP contribution in [0.2, 0.25) is 0 Å². The first kappa shape index (κ1) is 24.2. The highest BCUT2D eigenvalue weighted by Crippen LogP contribution is 2.37. The average Bonchev–Trinajstić information content (AvgIpc) is 2.78. The molecule has 2 N–H and O–H groups in total. The summed E-state index contributed by atoms with van der Waals surface area (Å²) < 4.78 is 10.2. The van der Waals surface area contributed by atoms with E-state index in [9.17, 15) is 4.79 Å². The fourth-order valence-corrected chi connectivity index (χ4v) is 4.66. The van der Waals surface area contributed by atoms with E-state index in [4.69, 9.17) is 14.9 Å². The highest BCUT2D eigenvalue weighted by Gasteiger charge is 2.30. The number of carbonyl (C=O) groups excluding carboxylic acids is 1. The van der Waals surface area contributed by atoms with Crippen LogP contribution in [0.5, 0.6) is 0 Å². The third-order valence-corrected chi connectivity index (χ3v) is 6.42. The van der Waals surface area contributed by atoms with Gasteiger partial charge in [0.15, 0.2) is 0 Å². The summed E-state index contributed by atoms with van der Waals surface area (Å²) in [6.45, 7) is 6.64. The summed E-state index contributed by atoms with van der Waals surface area (Å²) in [6.07, 6.45) is 5.84. The molecule has 0 amide bonds. The molecule has 0 aliphatic heterocycles. The predicted molar refractivity (Wildman–Crippen MR) is 124 cm³/mol. The number of ether oxygens (including phenoxy) is 2. The Morgan fingerprint density at radius 3 is 2.40 bits per heavy atom. The van der Waals surface area contributed by atoms with Crippen molar-refractivity contribution in [2.24, 2.45) is 0 Å². The van der Waals surface area contributed by atoms with Gasteiger partial charge in [0.2, 0.25) is 0 Å². The molecule has 0 spiro atoms. The highest BCUT2D eigenvalue weighted by molar-refractivity contribution is 6.02. The summed E-state index contributed by atoms with van der Waals surface area (Å²) in [5.74, 6) is -0.346. The SMILES string of the molecule is CCN(c1c(C)c(C(=O)OC)cc(NC)c1C=N)C1CCC(N(C)CCOC)CC1. The predicted octanol–water partition coefficient (Wildman–Crippen LogP) is 3.54. The van der Waals surface area contributed by atoms with Crippen molar-refractivity contribution < 1.29 is 14.3 Å². The summed E-state index contributed by atoms with van der Waals surface area (Å²) in [6, 6.07) is 2.75. The van der Waals surface area contributed by atoms with Crippen molar-refractivity contribution in [3.8, 4) is 0 Å². The Labute approximate surface area is 181 Å². The monoisotopic (exact) mass is 418 g/mol. The molecule has 30 heavy (non-hydrogen) atoms. The molecule has 7 nitrogen and oxygen atoms in total. The Morgan fingerprint density at radius 2 is 1.90 bits per heavy atom. The molecule has 0 unspecified atom stereocenters. The highest BCUT2D eigenvalue weighted by atomic mass is 16.5. The van der Waals surface area contributed by atoms with E-state index in [0.717, 1.165) is 67.9 Å². The lowest BCUT2D eigenvalue weighted by atomic mass is 9.88. The van der Waals surface area contributed by atoms with Crippen LogP contribution < -0.4 is 10.2 Å². The lowest BCUT2D eigenvalue weighted by Gasteiger charge is -2.41. The molecule has 1 aromatic carbocycles. The van der Waals surface area contributed by atoms with Gasteiger partial charge >= 0.3 is 5.97 Å². The molecular weight excluding hydrogens is 380 g/mol. The second-order valence-corrected chi connectivity index (χ2v) is 7.97. The number of rotatable bonds is 10. The Kier molecular flexibility index (Phi) is 9.11. The molecule has 1 aromatic rings. The van der Waals surface area contributed by atoms with Gasteiger partial charge in [0.05, 0.1) is 25.0 Å². The first-order chi connectivity index (χ1) is 14.4. The van der Waals surface area contributed by atoms with Gasteiger partial charge in [0.1, 0.15) is 0 Å². The van der Waals surface area contributed by atoms with Crippen molar-refractivity contribution in [1.82, 2.24) is 4.90 Å². The van der Waals surface area contributed by atoms with Crippen LogP contribution >= 0.6 is 0 Å². The average molecular weight is 419 g/mol. The van der Waals surface area contributed by atoms with E-state index in [2.05, 4.69) is 29.1 Å². The first-order valence-corrected chi connectivity index (χ1v) is 10.8. The van der Waals surface area contributed by atoms with E-state index >= 15 is 0 Å². The van der Waals surface area contributed by atoms with Gasteiger partial charge in [-0.1, -0.05) is 0 Å². The fraction of sp³-hybridized carbons (Fsp3) is 0.652. The van der Waals surface area contributed by atoms with Gasteiger partial charge in [-0.3, -0.25) is 0 Å². The molecule has 1 aliphatic rings. The van der Waals surface area contributed by atoms with E-state index in [-0.39, 0.29) is 5.97 Å². The standard InChI is InChI=1S/C23H38N4O3/c1-7-27(18-10-8-17(9-11-18)26(4)12-13-29-5)22-16(2)19(23(28)30-6)14-21(25-3)20(22)15-24/h14-15,17-18,24-25H,7-13H2,1-6H3. The van der Waals surface area contributed by atoms with Crippen LogP contribution in [0.25, 0.3) is 0 Å². The van der Waals surface area contributed by atoms with Crippen LogP contribution in [-0.2, 0) is 9.47 Å². The molecule has 1 aliphatic carbocycles. The zero-order valence-electron chi connectivity index (χ0n) is 19.4. The Balaban J connectivity index is 2.34. The van der Waals surface area contributed by atoms with E-state index in [0.29, 0.717) is 17.6 Å². The van der Waals surface area contributed by atoms with Crippen molar-refractivity contribution in [2.75, 3.05) is 58.2 Å². The third-order valence-electron chi connectivity index (χ3n) is 6.42. The minimum absolute atomic E-state index is 0.346. The van der Waals surface area contributed by atoms with Gasteiger partial charge in [-0.25, -0.2) is 4.79 Å². The van der Waals surface area contributed by atoms with Gasteiger partial charge in [0, 0.05) is 56.8 Å². The molecule has 168 valence electrons. The van der Waals surface area contributed by atoms with Gasteiger partial charge in [-0.15, -0.1) is 0 Å². The zero-order chi connectivity index (χ0) is 22.3. The maximum Gasteiger partial charge on any atom is 0.338 e. The number of methoxy groups -OCH3 is 2. The van der Waals surface area contributed by atoms with Gasteiger partial charge < -0.3 is 30.0 Å². The number of carbonyl (C=O) groups is 1. The second kappa shape index (κ2) is 11.3. The van der Waals surface area contributed by atoms with Crippen LogP contribution in [0.15, 0.2) is 6.07 Å². The summed E-state index contributed by atoms with van der Waals surface area (Å²) >= 11 is 0. The van der Waals surface area contributed by atoms with Gasteiger partial charge in [0.25, 0.3) is 0 Å². The van der Waals surface area contributed by atoms with Crippen LogP contribution in [0, 0.1) is 12.3 Å². The quantitative estimate of drug-likeness (QED) is 0.447. The molecule has 2 rings (SSSR count). The summed E-state index contributed by atoms with van der Waals surface area (Å²) in [5, 5.41) is 11.2. The lowest BCUT2D eigenvalue weighted by molar-refractivity contribution is 0.0600. The molecule has 1 fully saturated rings. The molecule has 0 atom stereocenters. The summed E-state index contributed by atoms with van der Waals surface area (Å²) in [5.41, 5.74) is 3.99. The third kappa shape index (κ3) is 5.13. The van der Waals surface area contributed by atoms with E-state index < -0.39 is 0 Å². The summed E-state index contributed by atoms with van der Waals surface area (Å²) in [7, 11) is 7.15. The number of benzene rings is 1. The minimum atomic E-state index is -0.346. The van der Waals surface area contributed by atoms with Crippen molar-refractivity contribution in [2.45, 2.75) is 51.6 Å². The van der Waals surface area contributed by atoms with E-state index in [1.165, 1.54) is 13.3 Å². The topological polar surface area (TPSA) is 77.9 Å². The Morgan fingerprint density at radius 1 is 1.27 bits per heavy atom. The zero-order valence-corrected chi connectivity index (χ0v) is 19.4. The number of likely N-dealkylation sites (N-methyl/N-ethyl adjacent to an activating group) is 1. The number of anilines is 2. The number of hydrogen-bond acceptors (Lipinski definition) is 7. The lowest BCUT2D eigenvalue weighted by Crippen LogP contribution is -2.44. The van der Waals surface area contributed by atoms with Crippen molar-refractivity contribution in [3.63, 3.8) is 0 Å². The second-order valence-electron chi connectivity index (χ2n) is 7.97. The van der Waals surface area contributed by atoms with Crippen LogP contribution in [-0.4, -0.2) is 77.2 Å². The smallest absolute Gasteiger partial charge is 0.338 e. The van der Waals surface area contributed by atoms with Gasteiger partial charge in [-0.2, -0.15) is 0 Å². The van der Waals surface area contributed by atoms with E-state index in [1.54, 1.807) is 13.2 Å². The number of nitrogens with one attached hydrogen (secondary N) is 2. The fourth-order valence-electron chi connectivity index (χ4n) is 4.66. The van der Waals surface area contributed by atoms with Crippen molar-refractivity contribution >= 4 is 23.6 Å². The summed E-state index contributed by atoms with van der Waals surface area (Å²) in [4.78, 5) is 17.2. The number of nitrogens with zero attached hydrogens (tertiary/aromatic N) is 2.